The van der Waals surface area contributed by atoms with Crippen molar-refractivity contribution < 1.29 is 0 Å². The minimum atomic E-state index is 0.550. The summed E-state index contributed by atoms with van der Waals surface area (Å²) in [5.74, 6) is 0.765. The van der Waals surface area contributed by atoms with Crippen LogP contribution in [0.25, 0.3) is 0 Å². The van der Waals surface area contributed by atoms with E-state index in [-0.39, 0.29) is 0 Å². The van der Waals surface area contributed by atoms with Crippen molar-refractivity contribution in [1.29, 1.82) is 0 Å². The maximum atomic E-state index is 4.94. The Kier molecular flexibility index (Phi) is 3.57. The standard InChI is InChI=1S/C14H23N3S/c1-10(2)15-9-12-13(11-5-6-11)16-14(18-12)17-7-3-4-8-17/h10-11,15H,3-9H2,1-2H3. The highest BCUT2D eigenvalue weighted by molar-refractivity contribution is 7.15. The average Bonchev–Trinajstić information content (AvgIpc) is 2.91. The summed E-state index contributed by atoms with van der Waals surface area (Å²) in [6.07, 6.45) is 5.35. The van der Waals surface area contributed by atoms with Crippen LogP contribution in [0.2, 0.25) is 0 Å². The lowest BCUT2D eigenvalue weighted by atomic mass is 10.2. The van der Waals surface area contributed by atoms with Crippen LogP contribution in [-0.4, -0.2) is 24.1 Å². The van der Waals surface area contributed by atoms with Gasteiger partial charge in [0.05, 0.1) is 5.69 Å². The quantitative estimate of drug-likeness (QED) is 0.886. The highest BCUT2D eigenvalue weighted by Crippen LogP contribution is 2.44. The van der Waals surface area contributed by atoms with Crippen LogP contribution in [0.1, 0.15) is 56.0 Å². The Labute approximate surface area is 114 Å². The normalized spacial score (nSPS) is 20.1. The number of hydrogen-bond donors (Lipinski definition) is 1. The SMILES string of the molecule is CC(C)NCc1sc(N2CCCC2)nc1C1CC1. The smallest absolute Gasteiger partial charge is 0.185 e. The van der Waals surface area contributed by atoms with Crippen LogP contribution in [0.3, 0.4) is 0 Å². The summed E-state index contributed by atoms with van der Waals surface area (Å²) in [5, 5.41) is 4.81. The Hall–Kier alpha value is -0.610. The van der Waals surface area contributed by atoms with E-state index in [0.717, 1.165) is 12.5 Å². The van der Waals surface area contributed by atoms with E-state index < -0.39 is 0 Å². The summed E-state index contributed by atoms with van der Waals surface area (Å²) in [6.45, 7) is 7.82. The molecule has 3 nitrogen and oxygen atoms in total. The highest BCUT2D eigenvalue weighted by Gasteiger charge is 2.30. The number of hydrogen-bond acceptors (Lipinski definition) is 4. The van der Waals surface area contributed by atoms with Gasteiger partial charge < -0.3 is 10.2 Å². The Morgan fingerprint density at radius 1 is 1.33 bits per heavy atom. The molecule has 2 heterocycles. The van der Waals surface area contributed by atoms with E-state index in [4.69, 9.17) is 4.98 Å². The molecule has 100 valence electrons. The Morgan fingerprint density at radius 3 is 2.67 bits per heavy atom. The number of anilines is 1. The zero-order valence-corrected chi connectivity index (χ0v) is 12.2. The molecule has 0 amide bonds. The van der Waals surface area contributed by atoms with Crippen LogP contribution in [-0.2, 0) is 6.54 Å². The van der Waals surface area contributed by atoms with Crippen molar-refractivity contribution in [2.24, 2.45) is 0 Å². The maximum Gasteiger partial charge on any atom is 0.185 e. The monoisotopic (exact) mass is 265 g/mol. The second kappa shape index (κ2) is 5.17. The first-order valence-corrected chi connectivity index (χ1v) is 8.03. The predicted molar refractivity (Wildman–Crippen MR) is 77.5 cm³/mol. The fraction of sp³-hybridized carbons (Fsp3) is 0.786. The molecule has 1 aromatic rings. The fourth-order valence-corrected chi connectivity index (χ4v) is 3.64. The van der Waals surface area contributed by atoms with Gasteiger partial charge in [0, 0.05) is 36.5 Å². The van der Waals surface area contributed by atoms with Gasteiger partial charge in [0.15, 0.2) is 5.13 Å². The third kappa shape index (κ3) is 2.69. The summed E-state index contributed by atoms with van der Waals surface area (Å²) in [4.78, 5) is 8.88. The highest BCUT2D eigenvalue weighted by atomic mass is 32.1. The Bertz CT molecular complexity index is 403. The van der Waals surface area contributed by atoms with Crippen LogP contribution in [0, 0.1) is 0 Å². The van der Waals surface area contributed by atoms with Gasteiger partial charge in [-0.15, -0.1) is 11.3 Å². The van der Waals surface area contributed by atoms with Gasteiger partial charge in [-0.3, -0.25) is 0 Å². The fourth-order valence-electron chi connectivity index (χ4n) is 2.49. The molecular weight excluding hydrogens is 242 g/mol. The molecule has 1 saturated carbocycles. The van der Waals surface area contributed by atoms with Crippen molar-refractivity contribution in [2.45, 2.75) is 58.0 Å². The number of thiazole rings is 1. The molecule has 2 aliphatic rings. The molecule has 1 saturated heterocycles. The van der Waals surface area contributed by atoms with Gasteiger partial charge in [0.1, 0.15) is 0 Å². The van der Waals surface area contributed by atoms with E-state index in [1.807, 2.05) is 11.3 Å². The maximum absolute atomic E-state index is 4.94. The Balaban J connectivity index is 1.77. The number of nitrogens with zero attached hydrogens (tertiary/aromatic N) is 2. The van der Waals surface area contributed by atoms with E-state index in [2.05, 4.69) is 24.1 Å². The number of rotatable bonds is 5. The molecule has 3 rings (SSSR count). The van der Waals surface area contributed by atoms with Crippen molar-refractivity contribution >= 4 is 16.5 Å². The van der Waals surface area contributed by atoms with E-state index >= 15 is 0 Å². The molecule has 1 aliphatic carbocycles. The third-order valence-electron chi connectivity index (χ3n) is 3.73. The molecule has 0 unspecified atom stereocenters. The van der Waals surface area contributed by atoms with E-state index in [1.54, 1.807) is 0 Å². The molecule has 0 spiro atoms. The average molecular weight is 265 g/mol. The van der Waals surface area contributed by atoms with Crippen molar-refractivity contribution in [1.82, 2.24) is 10.3 Å². The summed E-state index contributed by atoms with van der Waals surface area (Å²) >= 11 is 1.92. The summed E-state index contributed by atoms with van der Waals surface area (Å²) in [7, 11) is 0. The van der Waals surface area contributed by atoms with Crippen LogP contribution in [0.4, 0.5) is 5.13 Å². The molecular formula is C14H23N3S. The summed E-state index contributed by atoms with van der Waals surface area (Å²) < 4.78 is 0. The second-order valence-corrected chi connectivity index (χ2v) is 6.87. The molecule has 1 aliphatic heterocycles. The Morgan fingerprint density at radius 2 is 2.06 bits per heavy atom. The van der Waals surface area contributed by atoms with Gasteiger partial charge in [-0.05, 0) is 25.7 Å². The van der Waals surface area contributed by atoms with Gasteiger partial charge in [0.2, 0.25) is 0 Å². The van der Waals surface area contributed by atoms with E-state index in [9.17, 15) is 0 Å². The molecule has 2 fully saturated rings. The lowest BCUT2D eigenvalue weighted by molar-refractivity contribution is 0.590. The largest absolute Gasteiger partial charge is 0.348 e. The van der Waals surface area contributed by atoms with E-state index in [1.165, 1.54) is 54.5 Å². The molecule has 18 heavy (non-hydrogen) atoms. The van der Waals surface area contributed by atoms with Crippen molar-refractivity contribution in [2.75, 3.05) is 18.0 Å². The topological polar surface area (TPSA) is 28.2 Å². The third-order valence-corrected chi connectivity index (χ3v) is 4.86. The lowest BCUT2D eigenvalue weighted by Gasteiger charge is -2.12. The van der Waals surface area contributed by atoms with Gasteiger partial charge >= 0.3 is 0 Å². The second-order valence-electron chi connectivity index (χ2n) is 5.81. The first kappa shape index (κ1) is 12.4. The van der Waals surface area contributed by atoms with Gasteiger partial charge in [0.25, 0.3) is 0 Å². The zero-order valence-electron chi connectivity index (χ0n) is 11.4. The molecule has 0 radical (unpaired) electrons. The van der Waals surface area contributed by atoms with Gasteiger partial charge in [-0.2, -0.15) is 0 Å². The zero-order chi connectivity index (χ0) is 12.5. The number of aromatic nitrogens is 1. The van der Waals surface area contributed by atoms with Crippen molar-refractivity contribution in [3.63, 3.8) is 0 Å². The lowest BCUT2D eigenvalue weighted by Crippen LogP contribution is -2.21. The summed E-state index contributed by atoms with van der Waals surface area (Å²) in [5.41, 5.74) is 1.40. The molecule has 4 heteroatoms. The van der Waals surface area contributed by atoms with Crippen molar-refractivity contribution in [3.8, 4) is 0 Å². The predicted octanol–water partition coefficient (Wildman–Crippen LogP) is 3.12. The minimum absolute atomic E-state index is 0.550. The van der Waals surface area contributed by atoms with E-state index in [0.29, 0.717) is 6.04 Å². The molecule has 0 bridgehead atoms. The number of nitrogens with one attached hydrogen (secondary N) is 1. The van der Waals surface area contributed by atoms with Crippen molar-refractivity contribution in [3.05, 3.63) is 10.6 Å². The molecule has 0 atom stereocenters. The molecule has 0 aromatic carbocycles. The first-order valence-electron chi connectivity index (χ1n) is 7.22. The first-order chi connectivity index (χ1) is 8.74. The van der Waals surface area contributed by atoms with Crippen LogP contribution in [0.15, 0.2) is 0 Å². The summed E-state index contributed by atoms with van der Waals surface area (Å²) in [6, 6.07) is 0.550. The van der Waals surface area contributed by atoms with Crippen LogP contribution in [0.5, 0.6) is 0 Å². The molecule has 1 N–H and O–H groups in total. The van der Waals surface area contributed by atoms with Gasteiger partial charge in [-0.25, -0.2) is 4.98 Å². The van der Waals surface area contributed by atoms with Crippen LogP contribution >= 0.6 is 11.3 Å². The van der Waals surface area contributed by atoms with Gasteiger partial charge in [-0.1, -0.05) is 13.8 Å². The van der Waals surface area contributed by atoms with Crippen LogP contribution < -0.4 is 10.2 Å². The minimum Gasteiger partial charge on any atom is -0.348 e. The molecule has 1 aromatic heterocycles.